The number of aromatic nitrogens is 2. The van der Waals surface area contributed by atoms with Crippen LogP contribution in [0.1, 0.15) is 26.1 Å². The highest BCUT2D eigenvalue weighted by Gasteiger charge is 2.09. The molecule has 25 heavy (non-hydrogen) atoms. The smallest absolute Gasteiger partial charge is 0.191 e. The number of nitrogens with zero attached hydrogens (tertiary/aromatic N) is 2. The molecule has 2 rings (SSSR count). The van der Waals surface area contributed by atoms with E-state index in [1.54, 1.807) is 0 Å². The van der Waals surface area contributed by atoms with E-state index in [1.165, 1.54) is 6.26 Å². The van der Waals surface area contributed by atoms with Crippen molar-refractivity contribution in [3.8, 4) is 0 Å². The molecule has 0 spiro atoms. The number of aromatic amines is 1. The van der Waals surface area contributed by atoms with Crippen molar-refractivity contribution in [2.24, 2.45) is 4.99 Å². The van der Waals surface area contributed by atoms with E-state index in [0.717, 1.165) is 23.4 Å². The predicted molar refractivity (Wildman–Crippen MR) is 103 cm³/mol. The van der Waals surface area contributed by atoms with Crippen LogP contribution in [-0.2, 0) is 16.3 Å². The number of fused-ring (bicyclic) bond motifs is 1. The summed E-state index contributed by atoms with van der Waals surface area (Å²) in [5, 5.41) is 6.43. The first-order valence-corrected chi connectivity index (χ1v) is 10.6. The third-order valence-electron chi connectivity index (χ3n) is 3.71. The Morgan fingerprint density at radius 1 is 1.36 bits per heavy atom. The summed E-state index contributed by atoms with van der Waals surface area (Å²) in [5.74, 6) is 1.77. The minimum Gasteiger partial charge on any atom is -0.357 e. The van der Waals surface area contributed by atoms with Crippen molar-refractivity contribution in [3.63, 3.8) is 0 Å². The Morgan fingerprint density at radius 3 is 2.80 bits per heavy atom. The third-order valence-corrected chi connectivity index (χ3v) is 4.68. The molecule has 0 amide bonds. The first-order valence-electron chi connectivity index (χ1n) is 8.53. The van der Waals surface area contributed by atoms with Crippen molar-refractivity contribution >= 4 is 26.8 Å². The molecule has 0 radical (unpaired) electrons. The van der Waals surface area contributed by atoms with Crippen molar-refractivity contribution in [1.29, 1.82) is 0 Å². The van der Waals surface area contributed by atoms with Crippen molar-refractivity contribution in [1.82, 2.24) is 20.6 Å². The molecule has 1 heterocycles. The van der Waals surface area contributed by atoms with Gasteiger partial charge in [-0.3, -0.25) is 4.99 Å². The maximum atomic E-state index is 11.3. The maximum Gasteiger partial charge on any atom is 0.191 e. The highest BCUT2D eigenvalue weighted by atomic mass is 32.2. The van der Waals surface area contributed by atoms with Crippen LogP contribution in [0.15, 0.2) is 29.3 Å². The van der Waals surface area contributed by atoms with Gasteiger partial charge in [0.1, 0.15) is 15.7 Å². The molecule has 8 heteroatoms. The Morgan fingerprint density at radius 2 is 2.12 bits per heavy atom. The molecule has 0 aliphatic carbocycles. The Hall–Kier alpha value is -2.09. The van der Waals surface area contributed by atoms with Gasteiger partial charge in [0.05, 0.1) is 16.8 Å². The van der Waals surface area contributed by atoms with Gasteiger partial charge in [-0.15, -0.1) is 0 Å². The van der Waals surface area contributed by atoms with E-state index in [2.05, 4.69) is 25.6 Å². The highest BCUT2D eigenvalue weighted by molar-refractivity contribution is 7.90. The minimum atomic E-state index is -2.95. The molecule has 138 valence electrons. The number of benzene rings is 1. The summed E-state index contributed by atoms with van der Waals surface area (Å²) in [4.78, 5) is 12.4. The van der Waals surface area contributed by atoms with E-state index in [1.807, 2.05) is 38.1 Å². The summed E-state index contributed by atoms with van der Waals surface area (Å²) < 4.78 is 22.5. The molecule has 1 aromatic heterocycles. The molecule has 7 nitrogen and oxygen atoms in total. The van der Waals surface area contributed by atoms with Crippen LogP contribution in [0, 0.1) is 0 Å². The summed E-state index contributed by atoms with van der Waals surface area (Å²) in [5.41, 5.74) is 1.99. The van der Waals surface area contributed by atoms with Gasteiger partial charge in [0.2, 0.25) is 0 Å². The van der Waals surface area contributed by atoms with Crippen molar-refractivity contribution in [3.05, 3.63) is 30.1 Å². The van der Waals surface area contributed by atoms with Crippen LogP contribution < -0.4 is 10.6 Å². The maximum absolute atomic E-state index is 11.3. The third kappa shape index (κ3) is 6.74. The van der Waals surface area contributed by atoms with Gasteiger partial charge in [0.25, 0.3) is 0 Å². The van der Waals surface area contributed by atoms with E-state index in [9.17, 15) is 8.42 Å². The SMILES string of the molecule is CCNC(=NCCc1nc2ccccc2[nH]1)NC(C)CCS(C)(=O)=O. The van der Waals surface area contributed by atoms with Crippen molar-refractivity contribution < 1.29 is 8.42 Å². The molecule has 0 aliphatic heterocycles. The number of hydrogen-bond donors (Lipinski definition) is 3. The summed E-state index contributed by atoms with van der Waals surface area (Å²) in [7, 11) is -2.95. The lowest BCUT2D eigenvalue weighted by Gasteiger charge is -2.17. The van der Waals surface area contributed by atoms with Crippen LogP contribution in [-0.4, -0.2) is 55.5 Å². The molecule has 0 aliphatic rings. The first kappa shape index (κ1) is 19.2. The van der Waals surface area contributed by atoms with E-state index < -0.39 is 9.84 Å². The van der Waals surface area contributed by atoms with Gasteiger partial charge < -0.3 is 15.6 Å². The summed E-state index contributed by atoms with van der Waals surface area (Å²) >= 11 is 0. The van der Waals surface area contributed by atoms with Crippen LogP contribution in [0.5, 0.6) is 0 Å². The number of H-pyrrole nitrogens is 1. The van der Waals surface area contributed by atoms with Crippen molar-refractivity contribution in [2.75, 3.05) is 25.1 Å². The van der Waals surface area contributed by atoms with Crippen LogP contribution in [0.2, 0.25) is 0 Å². The summed E-state index contributed by atoms with van der Waals surface area (Å²) in [6.07, 6.45) is 2.52. The van der Waals surface area contributed by atoms with Gasteiger partial charge in [0, 0.05) is 31.8 Å². The van der Waals surface area contributed by atoms with Gasteiger partial charge in [0.15, 0.2) is 5.96 Å². The van der Waals surface area contributed by atoms with Crippen LogP contribution in [0.3, 0.4) is 0 Å². The molecular weight excluding hydrogens is 338 g/mol. The molecule has 0 saturated carbocycles. The zero-order valence-corrected chi connectivity index (χ0v) is 15.9. The second kappa shape index (κ2) is 8.84. The summed E-state index contributed by atoms with van der Waals surface area (Å²) in [6.45, 7) is 5.29. The molecule has 0 bridgehead atoms. The number of imidazole rings is 1. The Bertz CT molecular complexity index is 780. The normalized spacial score (nSPS) is 13.8. The van der Waals surface area contributed by atoms with Crippen LogP contribution in [0.4, 0.5) is 0 Å². The quantitative estimate of drug-likeness (QED) is 0.486. The number of aliphatic imine (C=N–C) groups is 1. The molecule has 1 aromatic carbocycles. The van der Waals surface area contributed by atoms with E-state index in [-0.39, 0.29) is 11.8 Å². The fourth-order valence-electron chi connectivity index (χ4n) is 2.41. The molecule has 1 atom stereocenters. The Balaban J connectivity index is 1.89. The zero-order valence-electron chi connectivity index (χ0n) is 15.0. The predicted octanol–water partition coefficient (Wildman–Crippen LogP) is 1.48. The highest BCUT2D eigenvalue weighted by Crippen LogP contribution is 2.10. The largest absolute Gasteiger partial charge is 0.357 e. The van der Waals surface area contributed by atoms with Crippen LogP contribution in [0.25, 0.3) is 11.0 Å². The lowest BCUT2D eigenvalue weighted by atomic mass is 10.3. The Kier molecular flexibility index (Phi) is 6.81. The van der Waals surface area contributed by atoms with E-state index in [0.29, 0.717) is 25.3 Å². The number of para-hydroxylation sites is 2. The monoisotopic (exact) mass is 365 g/mol. The fourth-order valence-corrected chi connectivity index (χ4v) is 3.20. The zero-order chi connectivity index (χ0) is 18.3. The molecule has 3 N–H and O–H groups in total. The van der Waals surface area contributed by atoms with Gasteiger partial charge in [-0.05, 0) is 32.4 Å². The Labute approximate surface area is 149 Å². The molecule has 0 saturated heterocycles. The number of guanidine groups is 1. The summed E-state index contributed by atoms with van der Waals surface area (Å²) in [6, 6.07) is 7.96. The fraction of sp³-hybridized carbons (Fsp3) is 0.529. The van der Waals surface area contributed by atoms with Crippen LogP contribution >= 0.6 is 0 Å². The number of sulfone groups is 1. The molecule has 1 unspecified atom stereocenters. The molecule has 0 fully saturated rings. The number of nitrogens with one attached hydrogen (secondary N) is 3. The topological polar surface area (TPSA) is 99.2 Å². The molecule has 2 aromatic rings. The average molecular weight is 366 g/mol. The second-order valence-corrected chi connectivity index (χ2v) is 8.43. The van der Waals surface area contributed by atoms with E-state index in [4.69, 9.17) is 0 Å². The van der Waals surface area contributed by atoms with Gasteiger partial charge in [-0.1, -0.05) is 12.1 Å². The lowest BCUT2D eigenvalue weighted by molar-refractivity contribution is 0.581. The second-order valence-electron chi connectivity index (χ2n) is 6.18. The van der Waals surface area contributed by atoms with Gasteiger partial charge in [-0.2, -0.15) is 0 Å². The first-order chi connectivity index (χ1) is 11.9. The number of rotatable bonds is 8. The molecular formula is C17H27N5O2S. The van der Waals surface area contributed by atoms with Crippen molar-refractivity contribution in [2.45, 2.75) is 32.7 Å². The number of hydrogen-bond acceptors (Lipinski definition) is 4. The van der Waals surface area contributed by atoms with E-state index >= 15 is 0 Å². The van der Waals surface area contributed by atoms with Gasteiger partial charge >= 0.3 is 0 Å². The van der Waals surface area contributed by atoms with Gasteiger partial charge in [-0.25, -0.2) is 13.4 Å². The average Bonchev–Trinajstić information content (AvgIpc) is 2.95. The lowest BCUT2D eigenvalue weighted by Crippen LogP contribution is -2.43. The standard InChI is InChI=1S/C17H27N5O2S/c1-4-18-17(20-13(2)10-12-25(3,23)24)19-11-9-16-21-14-7-5-6-8-15(14)22-16/h5-8,13H,4,9-12H2,1-3H3,(H,21,22)(H2,18,19,20). The minimum absolute atomic E-state index is 0.0266.